The van der Waals surface area contributed by atoms with Crippen LogP contribution in [0.4, 0.5) is 0 Å². The number of thiophene rings is 1. The zero-order valence-electron chi connectivity index (χ0n) is 13.1. The highest BCUT2D eigenvalue weighted by molar-refractivity contribution is 7.10. The number of aryl methyl sites for hydroxylation is 3. The van der Waals surface area contributed by atoms with Gasteiger partial charge in [0, 0.05) is 10.4 Å². The van der Waals surface area contributed by atoms with Gasteiger partial charge in [-0.2, -0.15) is 0 Å². The molecule has 0 spiro atoms. The van der Waals surface area contributed by atoms with Crippen LogP contribution in [0.5, 0.6) is 0 Å². The lowest BCUT2D eigenvalue weighted by molar-refractivity contribution is 0.0599. The molecule has 0 saturated carbocycles. The van der Waals surface area contributed by atoms with Gasteiger partial charge in [-0.05, 0) is 37.8 Å². The molecule has 0 aromatic carbocycles. The number of rotatable bonds is 3. The first-order chi connectivity index (χ1) is 10.4. The van der Waals surface area contributed by atoms with Gasteiger partial charge < -0.3 is 9.47 Å². The molecule has 0 N–H and O–H groups in total. The van der Waals surface area contributed by atoms with E-state index in [0.717, 1.165) is 10.4 Å². The Hall–Kier alpha value is -2.21. The van der Waals surface area contributed by atoms with E-state index in [1.807, 2.05) is 18.4 Å². The lowest BCUT2D eigenvalue weighted by Crippen LogP contribution is -2.16. The second kappa shape index (κ2) is 6.27. The van der Waals surface area contributed by atoms with Crippen LogP contribution < -0.4 is 0 Å². The Morgan fingerprint density at radius 2 is 1.50 bits per heavy atom. The standard InChI is InChI=1S/C16H17NO4S/c1-8-12(15(18)20-4)14(11-6-7-22-10(11)3)13(9(2)17-8)16(19)21-5/h6-7H,1-5H3. The second-order valence-electron chi connectivity index (χ2n) is 4.78. The highest BCUT2D eigenvalue weighted by atomic mass is 32.1. The van der Waals surface area contributed by atoms with E-state index in [-0.39, 0.29) is 0 Å². The van der Waals surface area contributed by atoms with E-state index in [4.69, 9.17) is 9.47 Å². The van der Waals surface area contributed by atoms with Gasteiger partial charge in [0.1, 0.15) is 0 Å². The molecule has 0 saturated heterocycles. The summed E-state index contributed by atoms with van der Waals surface area (Å²) in [7, 11) is 2.62. The number of aromatic nitrogens is 1. The number of carbonyl (C=O) groups excluding carboxylic acids is 2. The van der Waals surface area contributed by atoms with Gasteiger partial charge in [0.2, 0.25) is 0 Å². The maximum absolute atomic E-state index is 12.2. The van der Waals surface area contributed by atoms with Crippen LogP contribution in [-0.2, 0) is 9.47 Å². The average Bonchev–Trinajstić information content (AvgIpc) is 2.91. The van der Waals surface area contributed by atoms with Crippen molar-refractivity contribution in [3.8, 4) is 11.1 Å². The zero-order chi connectivity index (χ0) is 16.4. The van der Waals surface area contributed by atoms with E-state index in [1.165, 1.54) is 14.2 Å². The van der Waals surface area contributed by atoms with Crippen molar-refractivity contribution in [1.82, 2.24) is 4.98 Å². The maximum atomic E-state index is 12.2. The molecule has 0 aliphatic heterocycles. The average molecular weight is 319 g/mol. The second-order valence-corrected chi connectivity index (χ2v) is 5.90. The fourth-order valence-electron chi connectivity index (χ4n) is 2.47. The minimum Gasteiger partial charge on any atom is -0.465 e. The van der Waals surface area contributed by atoms with Crippen LogP contribution in [0.2, 0.25) is 0 Å². The number of nitrogens with zero attached hydrogens (tertiary/aromatic N) is 1. The molecule has 0 fully saturated rings. The van der Waals surface area contributed by atoms with Crippen LogP contribution in [0.3, 0.4) is 0 Å². The fourth-order valence-corrected chi connectivity index (χ4v) is 3.17. The minimum atomic E-state index is -0.518. The third-order valence-corrected chi connectivity index (χ3v) is 4.31. The largest absolute Gasteiger partial charge is 0.465 e. The van der Waals surface area contributed by atoms with Crippen molar-refractivity contribution < 1.29 is 19.1 Å². The number of methoxy groups -OCH3 is 2. The van der Waals surface area contributed by atoms with Gasteiger partial charge in [0.05, 0.1) is 36.7 Å². The van der Waals surface area contributed by atoms with Gasteiger partial charge in [0.15, 0.2) is 0 Å². The molecule has 0 amide bonds. The monoisotopic (exact) mass is 319 g/mol. The first kappa shape index (κ1) is 16.2. The van der Waals surface area contributed by atoms with Crippen LogP contribution >= 0.6 is 11.3 Å². The van der Waals surface area contributed by atoms with E-state index >= 15 is 0 Å². The molecule has 0 bridgehead atoms. The van der Waals surface area contributed by atoms with Crippen molar-refractivity contribution in [3.05, 3.63) is 38.8 Å². The normalized spacial score (nSPS) is 10.4. The summed E-state index contributed by atoms with van der Waals surface area (Å²) in [6.45, 7) is 5.39. The number of ether oxygens (including phenoxy) is 2. The van der Waals surface area contributed by atoms with Gasteiger partial charge in [-0.1, -0.05) is 0 Å². The molecule has 5 nitrogen and oxygen atoms in total. The van der Waals surface area contributed by atoms with Crippen LogP contribution in [0, 0.1) is 20.8 Å². The van der Waals surface area contributed by atoms with E-state index < -0.39 is 11.9 Å². The van der Waals surface area contributed by atoms with E-state index in [9.17, 15) is 9.59 Å². The number of hydrogen-bond acceptors (Lipinski definition) is 6. The summed E-state index contributed by atoms with van der Waals surface area (Å²) in [6, 6.07) is 1.88. The van der Waals surface area contributed by atoms with Crippen LogP contribution in [0.15, 0.2) is 11.4 Å². The first-order valence-electron chi connectivity index (χ1n) is 6.64. The van der Waals surface area contributed by atoms with Gasteiger partial charge in [-0.3, -0.25) is 4.98 Å². The summed E-state index contributed by atoms with van der Waals surface area (Å²) in [5, 5.41) is 1.91. The van der Waals surface area contributed by atoms with Crippen LogP contribution in [-0.4, -0.2) is 31.1 Å². The Labute approximate surface area is 132 Å². The van der Waals surface area contributed by atoms with Crippen molar-refractivity contribution in [1.29, 1.82) is 0 Å². The summed E-state index contributed by atoms with van der Waals surface area (Å²) in [4.78, 5) is 29.8. The summed E-state index contributed by atoms with van der Waals surface area (Å²) in [6.07, 6.45) is 0. The Morgan fingerprint density at radius 3 is 1.86 bits per heavy atom. The number of hydrogen-bond donors (Lipinski definition) is 0. The van der Waals surface area contributed by atoms with E-state index in [1.54, 1.807) is 25.2 Å². The lowest BCUT2D eigenvalue weighted by Gasteiger charge is -2.16. The van der Waals surface area contributed by atoms with Crippen molar-refractivity contribution in [2.75, 3.05) is 14.2 Å². The summed E-state index contributed by atoms with van der Waals surface area (Å²) >= 11 is 1.54. The first-order valence-corrected chi connectivity index (χ1v) is 7.52. The molecule has 0 radical (unpaired) electrons. The quantitative estimate of drug-likeness (QED) is 0.812. The zero-order valence-corrected chi connectivity index (χ0v) is 14.0. The van der Waals surface area contributed by atoms with Crippen molar-refractivity contribution in [2.45, 2.75) is 20.8 Å². The van der Waals surface area contributed by atoms with Gasteiger partial charge in [-0.25, -0.2) is 9.59 Å². The molecular weight excluding hydrogens is 302 g/mol. The summed E-state index contributed by atoms with van der Waals surface area (Å²) in [5.74, 6) is -1.04. The molecule has 2 heterocycles. The van der Waals surface area contributed by atoms with Crippen molar-refractivity contribution in [3.63, 3.8) is 0 Å². The third-order valence-electron chi connectivity index (χ3n) is 3.47. The van der Waals surface area contributed by atoms with Crippen molar-refractivity contribution in [2.24, 2.45) is 0 Å². The highest BCUT2D eigenvalue weighted by Crippen LogP contribution is 2.36. The third kappa shape index (κ3) is 2.62. The summed E-state index contributed by atoms with van der Waals surface area (Å²) in [5.41, 5.74) is 3.00. The Bertz CT molecular complexity index is 709. The molecule has 0 atom stereocenters. The Kier molecular flexibility index (Phi) is 4.61. The van der Waals surface area contributed by atoms with Crippen LogP contribution in [0.25, 0.3) is 11.1 Å². The molecule has 22 heavy (non-hydrogen) atoms. The summed E-state index contributed by atoms with van der Waals surface area (Å²) < 4.78 is 9.75. The topological polar surface area (TPSA) is 65.5 Å². The predicted octanol–water partition coefficient (Wildman–Crippen LogP) is 3.31. The fraction of sp³-hybridized carbons (Fsp3) is 0.312. The number of pyridine rings is 1. The molecule has 6 heteroatoms. The minimum absolute atomic E-state index is 0.301. The number of carbonyl (C=O) groups is 2. The predicted molar refractivity (Wildman–Crippen MR) is 84.4 cm³/mol. The lowest BCUT2D eigenvalue weighted by atomic mass is 9.93. The molecule has 0 aliphatic rings. The molecule has 2 aromatic rings. The van der Waals surface area contributed by atoms with Crippen molar-refractivity contribution >= 4 is 23.3 Å². The molecule has 2 aromatic heterocycles. The Morgan fingerprint density at radius 1 is 1.00 bits per heavy atom. The van der Waals surface area contributed by atoms with Crippen LogP contribution in [0.1, 0.15) is 37.0 Å². The molecule has 2 rings (SSSR count). The van der Waals surface area contributed by atoms with E-state index in [2.05, 4.69) is 4.98 Å². The smallest absolute Gasteiger partial charge is 0.340 e. The Balaban J connectivity index is 2.94. The maximum Gasteiger partial charge on any atom is 0.340 e. The number of esters is 2. The van der Waals surface area contributed by atoms with Gasteiger partial charge in [0.25, 0.3) is 0 Å². The SMILES string of the molecule is COC(=O)c1c(C)nc(C)c(C(=O)OC)c1-c1ccsc1C. The molecule has 0 unspecified atom stereocenters. The molecular formula is C16H17NO4S. The van der Waals surface area contributed by atoms with Gasteiger partial charge in [-0.15, -0.1) is 11.3 Å². The van der Waals surface area contributed by atoms with Gasteiger partial charge >= 0.3 is 11.9 Å². The molecule has 0 aliphatic carbocycles. The van der Waals surface area contributed by atoms with E-state index in [0.29, 0.717) is 28.1 Å². The molecule has 116 valence electrons. The highest BCUT2D eigenvalue weighted by Gasteiger charge is 2.28.